The number of hydrogen-bond donors (Lipinski definition) is 1. The molecule has 1 atom stereocenters. The third kappa shape index (κ3) is 7.26. The predicted molar refractivity (Wildman–Crippen MR) is 156 cm³/mol. The lowest BCUT2D eigenvalue weighted by Crippen LogP contribution is -2.53. The molecule has 0 saturated carbocycles. The minimum atomic E-state index is -4.09. The summed E-state index contributed by atoms with van der Waals surface area (Å²) in [6.45, 7) is 11.0. The molecule has 3 aromatic rings. The SMILES string of the molecule is CCC(C(=O)NC(C)C)N(Cc1ccccc1C)C(=O)CN(c1ccc(C)cc1C)S(=O)(=O)c1ccccc1. The fraction of sp³-hybridized carbons (Fsp3) is 0.355. The summed E-state index contributed by atoms with van der Waals surface area (Å²) < 4.78 is 29.0. The van der Waals surface area contributed by atoms with Crippen molar-refractivity contribution in [1.29, 1.82) is 0 Å². The summed E-state index contributed by atoms with van der Waals surface area (Å²) >= 11 is 0. The van der Waals surface area contributed by atoms with Crippen LogP contribution >= 0.6 is 0 Å². The average Bonchev–Trinajstić information content (AvgIpc) is 2.88. The van der Waals surface area contributed by atoms with Gasteiger partial charge in [-0.15, -0.1) is 0 Å². The molecule has 0 aliphatic rings. The Morgan fingerprint density at radius 2 is 1.51 bits per heavy atom. The van der Waals surface area contributed by atoms with E-state index in [1.807, 2.05) is 77.9 Å². The van der Waals surface area contributed by atoms with Crippen LogP contribution in [0.2, 0.25) is 0 Å². The fourth-order valence-electron chi connectivity index (χ4n) is 4.59. The van der Waals surface area contributed by atoms with Crippen LogP contribution in [0.4, 0.5) is 5.69 Å². The van der Waals surface area contributed by atoms with Crippen molar-refractivity contribution in [3.05, 3.63) is 95.1 Å². The zero-order valence-corrected chi connectivity index (χ0v) is 24.5. The second kappa shape index (κ2) is 12.9. The summed E-state index contributed by atoms with van der Waals surface area (Å²) in [5.74, 6) is -0.720. The highest BCUT2D eigenvalue weighted by atomic mass is 32.2. The van der Waals surface area contributed by atoms with Gasteiger partial charge < -0.3 is 10.2 Å². The number of hydrogen-bond acceptors (Lipinski definition) is 4. The number of rotatable bonds is 11. The third-order valence-electron chi connectivity index (χ3n) is 6.65. The van der Waals surface area contributed by atoms with Gasteiger partial charge in [0.05, 0.1) is 10.6 Å². The van der Waals surface area contributed by atoms with Crippen molar-refractivity contribution in [2.24, 2.45) is 0 Å². The van der Waals surface area contributed by atoms with E-state index in [1.54, 1.807) is 24.3 Å². The van der Waals surface area contributed by atoms with Gasteiger partial charge in [-0.3, -0.25) is 13.9 Å². The molecule has 0 saturated heterocycles. The molecular formula is C31H39N3O4S. The third-order valence-corrected chi connectivity index (χ3v) is 8.42. The van der Waals surface area contributed by atoms with E-state index in [9.17, 15) is 18.0 Å². The highest BCUT2D eigenvalue weighted by Gasteiger charge is 2.34. The normalized spacial score (nSPS) is 12.2. The largest absolute Gasteiger partial charge is 0.352 e. The molecule has 1 N–H and O–H groups in total. The lowest BCUT2D eigenvalue weighted by Gasteiger charge is -2.34. The van der Waals surface area contributed by atoms with E-state index < -0.39 is 28.5 Å². The average molecular weight is 550 g/mol. The first-order chi connectivity index (χ1) is 18.4. The van der Waals surface area contributed by atoms with Crippen molar-refractivity contribution in [1.82, 2.24) is 10.2 Å². The molecule has 7 nitrogen and oxygen atoms in total. The van der Waals surface area contributed by atoms with Gasteiger partial charge in [0.2, 0.25) is 11.8 Å². The summed E-state index contributed by atoms with van der Waals surface area (Å²) in [6, 6.07) is 20.4. The number of nitrogens with zero attached hydrogens (tertiary/aromatic N) is 2. The Balaban J connectivity index is 2.10. The van der Waals surface area contributed by atoms with Crippen LogP contribution in [0.3, 0.4) is 0 Å². The molecule has 0 bridgehead atoms. The predicted octanol–water partition coefficient (Wildman–Crippen LogP) is 5.14. The number of carbonyl (C=O) groups is 2. The first-order valence-corrected chi connectivity index (χ1v) is 14.7. The van der Waals surface area contributed by atoms with Gasteiger partial charge in [0, 0.05) is 12.6 Å². The molecule has 39 heavy (non-hydrogen) atoms. The van der Waals surface area contributed by atoms with Gasteiger partial charge in [0.15, 0.2) is 0 Å². The molecule has 0 spiro atoms. The summed E-state index contributed by atoms with van der Waals surface area (Å²) in [5.41, 5.74) is 4.02. The summed E-state index contributed by atoms with van der Waals surface area (Å²) in [6.07, 6.45) is 0.380. The molecule has 0 aliphatic carbocycles. The van der Waals surface area contributed by atoms with E-state index in [-0.39, 0.29) is 23.4 Å². The summed E-state index contributed by atoms with van der Waals surface area (Å²) in [4.78, 5) is 29.0. The Hall–Kier alpha value is -3.65. The Morgan fingerprint density at radius 1 is 0.872 bits per heavy atom. The van der Waals surface area contributed by atoms with E-state index in [0.717, 1.165) is 26.6 Å². The monoisotopic (exact) mass is 549 g/mol. The van der Waals surface area contributed by atoms with Gasteiger partial charge in [-0.25, -0.2) is 8.42 Å². The molecule has 0 aliphatic heterocycles. The van der Waals surface area contributed by atoms with Gasteiger partial charge in [-0.1, -0.05) is 67.1 Å². The second-order valence-corrected chi connectivity index (χ2v) is 12.0. The fourth-order valence-corrected chi connectivity index (χ4v) is 6.09. The highest BCUT2D eigenvalue weighted by molar-refractivity contribution is 7.92. The number of aryl methyl sites for hydroxylation is 3. The molecule has 0 aromatic heterocycles. The van der Waals surface area contributed by atoms with Crippen LogP contribution in [0.1, 0.15) is 49.4 Å². The van der Waals surface area contributed by atoms with Crippen molar-refractivity contribution in [3.63, 3.8) is 0 Å². The molecule has 0 radical (unpaired) electrons. The summed E-state index contributed by atoms with van der Waals surface area (Å²) in [7, 11) is -4.09. The van der Waals surface area contributed by atoms with Crippen LogP contribution in [-0.2, 0) is 26.2 Å². The minimum absolute atomic E-state index is 0.0906. The Bertz CT molecular complexity index is 1400. The number of anilines is 1. The Labute approximate surface area is 232 Å². The standard InChI is InChI=1S/C31H39N3O4S/c1-7-28(31(36)32-22(2)3)33(20-26-14-12-11-13-24(26)5)30(35)21-34(29-18-17-23(4)19-25(29)6)39(37,38)27-15-9-8-10-16-27/h8-19,22,28H,7,20-21H2,1-6H3,(H,32,36). The maximum Gasteiger partial charge on any atom is 0.264 e. The van der Waals surface area contributed by atoms with Crippen molar-refractivity contribution in [2.45, 2.75) is 71.5 Å². The molecule has 3 aromatic carbocycles. The van der Waals surface area contributed by atoms with Crippen LogP contribution in [0.15, 0.2) is 77.7 Å². The Kier molecular flexibility index (Phi) is 9.92. The zero-order valence-electron chi connectivity index (χ0n) is 23.6. The quantitative estimate of drug-likeness (QED) is 0.359. The zero-order chi connectivity index (χ0) is 28.7. The number of benzene rings is 3. The molecule has 0 heterocycles. The van der Waals surface area contributed by atoms with Gasteiger partial charge in [-0.05, 0) is 75.9 Å². The lowest BCUT2D eigenvalue weighted by atomic mass is 10.1. The van der Waals surface area contributed by atoms with Crippen molar-refractivity contribution < 1.29 is 18.0 Å². The summed E-state index contributed by atoms with van der Waals surface area (Å²) in [5, 5.41) is 2.92. The van der Waals surface area contributed by atoms with E-state index in [2.05, 4.69) is 5.32 Å². The van der Waals surface area contributed by atoms with E-state index in [0.29, 0.717) is 12.1 Å². The first-order valence-electron chi connectivity index (χ1n) is 13.2. The molecule has 3 rings (SSSR count). The van der Waals surface area contributed by atoms with Crippen molar-refractivity contribution in [3.8, 4) is 0 Å². The van der Waals surface area contributed by atoms with E-state index in [4.69, 9.17) is 0 Å². The molecule has 0 fully saturated rings. The molecule has 1 unspecified atom stereocenters. The molecule has 2 amide bonds. The van der Waals surface area contributed by atoms with Crippen LogP contribution in [0.25, 0.3) is 0 Å². The van der Waals surface area contributed by atoms with E-state index >= 15 is 0 Å². The lowest BCUT2D eigenvalue weighted by molar-refractivity contribution is -0.140. The van der Waals surface area contributed by atoms with Crippen LogP contribution in [-0.4, -0.2) is 43.8 Å². The Morgan fingerprint density at radius 3 is 2.10 bits per heavy atom. The highest BCUT2D eigenvalue weighted by Crippen LogP contribution is 2.28. The maximum atomic E-state index is 14.1. The second-order valence-electron chi connectivity index (χ2n) is 10.2. The van der Waals surface area contributed by atoms with Crippen LogP contribution in [0.5, 0.6) is 0 Å². The van der Waals surface area contributed by atoms with E-state index in [1.165, 1.54) is 17.0 Å². The minimum Gasteiger partial charge on any atom is -0.352 e. The number of nitrogens with one attached hydrogen (secondary N) is 1. The van der Waals surface area contributed by atoms with Gasteiger partial charge in [0.25, 0.3) is 10.0 Å². The first kappa shape index (κ1) is 29.9. The number of carbonyl (C=O) groups excluding carboxylic acids is 2. The van der Waals surface area contributed by atoms with Gasteiger partial charge >= 0.3 is 0 Å². The van der Waals surface area contributed by atoms with Crippen LogP contribution in [0, 0.1) is 20.8 Å². The topological polar surface area (TPSA) is 86.8 Å². The molecular weight excluding hydrogens is 510 g/mol. The molecule has 8 heteroatoms. The number of amides is 2. The van der Waals surface area contributed by atoms with Gasteiger partial charge in [0.1, 0.15) is 12.6 Å². The van der Waals surface area contributed by atoms with Crippen molar-refractivity contribution >= 4 is 27.5 Å². The maximum absolute atomic E-state index is 14.1. The van der Waals surface area contributed by atoms with Crippen molar-refractivity contribution in [2.75, 3.05) is 10.8 Å². The molecule has 208 valence electrons. The van der Waals surface area contributed by atoms with Gasteiger partial charge in [-0.2, -0.15) is 0 Å². The van der Waals surface area contributed by atoms with Crippen LogP contribution < -0.4 is 9.62 Å². The smallest absolute Gasteiger partial charge is 0.264 e. The number of sulfonamides is 1.